The first-order valence-corrected chi connectivity index (χ1v) is 9.27. The number of H-pyrrole nitrogens is 2. The zero-order valence-corrected chi connectivity index (χ0v) is 16.1. The van der Waals surface area contributed by atoms with Crippen LogP contribution >= 0.6 is 11.6 Å². The topological polar surface area (TPSA) is 147 Å². The Morgan fingerprint density at radius 1 is 1.23 bits per heavy atom. The summed E-state index contributed by atoms with van der Waals surface area (Å²) in [4.78, 5) is 41.7. The third-order valence-electron chi connectivity index (χ3n) is 4.69. The number of benzene rings is 1. The Morgan fingerprint density at radius 3 is 2.73 bits per heavy atom. The number of halogens is 1. The lowest BCUT2D eigenvalue weighted by Crippen LogP contribution is -2.36. The van der Waals surface area contributed by atoms with Gasteiger partial charge in [-0.2, -0.15) is 14.9 Å². The Balaban J connectivity index is 1.83. The Morgan fingerprint density at radius 2 is 2.00 bits per heavy atom. The average molecular weight is 426 g/mol. The summed E-state index contributed by atoms with van der Waals surface area (Å²) in [6.07, 6.45) is 0. The van der Waals surface area contributed by atoms with Crippen LogP contribution in [0.15, 0.2) is 39.3 Å². The molecule has 0 amide bonds. The molecule has 0 saturated carbocycles. The predicted molar refractivity (Wildman–Crippen MR) is 106 cm³/mol. The first kappa shape index (κ1) is 18.2. The molecule has 4 aromatic rings. The van der Waals surface area contributed by atoms with Crippen molar-refractivity contribution in [3.63, 3.8) is 0 Å². The molecule has 1 aliphatic heterocycles. The Hall–Kier alpha value is -3.86. The number of carbonyl (C=O) groups excluding carboxylic acids is 2. The SMILES string of the molecule is CCOC(=O)C1N=Nc2c3c(-c4ccc(Cl)cc4)c4c(=O)[nH]nc4nc3[nH]n2C1=O. The summed E-state index contributed by atoms with van der Waals surface area (Å²) in [6.45, 7) is 1.73. The summed E-state index contributed by atoms with van der Waals surface area (Å²) in [5.41, 5.74) is 1.10. The van der Waals surface area contributed by atoms with Crippen molar-refractivity contribution in [3.05, 3.63) is 39.6 Å². The summed E-state index contributed by atoms with van der Waals surface area (Å²) >= 11 is 6.01. The monoisotopic (exact) mass is 425 g/mol. The van der Waals surface area contributed by atoms with E-state index in [0.29, 0.717) is 21.5 Å². The van der Waals surface area contributed by atoms with E-state index in [0.717, 1.165) is 4.68 Å². The number of rotatable bonds is 3. The number of aromatic amines is 2. The van der Waals surface area contributed by atoms with Gasteiger partial charge in [0.1, 0.15) is 0 Å². The van der Waals surface area contributed by atoms with Crippen LogP contribution in [0.1, 0.15) is 11.7 Å². The maximum Gasteiger partial charge on any atom is 0.342 e. The van der Waals surface area contributed by atoms with Gasteiger partial charge in [0.05, 0.1) is 17.4 Å². The van der Waals surface area contributed by atoms with Crippen LogP contribution in [-0.2, 0) is 9.53 Å². The van der Waals surface area contributed by atoms with E-state index in [1.165, 1.54) is 0 Å². The molecular weight excluding hydrogens is 414 g/mol. The highest BCUT2D eigenvalue weighted by Gasteiger charge is 2.36. The fraction of sp³-hybridized carbons (Fsp3) is 0.167. The molecule has 0 bridgehead atoms. The van der Waals surface area contributed by atoms with Crippen molar-refractivity contribution in [2.45, 2.75) is 13.0 Å². The molecule has 0 radical (unpaired) electrons. The number of hydrogen-bond donors (Lipinski definition) is 2. The minimum Gasteiger partial charge on any atom is -0.464 e. The van der Waals surface area contributed by atoms with Gasteiger partial charge >= 0.3 is 5.97 Å². The minimum atomic E-state index is -1.42. The molecule has 30 heavy (non-hydrogen) atoms. The average Bonchev–Trinajstić information content (AvgIpc) is 3.29. The number of pyridine rings is 1. The molecule has 1 unspecified atom stereocenters. The number of fused-ring (bicyclic) bond motifs is 4. The van der Waals surface area contributed by atoms with Crippen LogP contribution < -0.4 is 5.56 Å². The number of hydrogen-bond acceptors (Lipinski definition) is 8. The normalized spacial score (nSPS) is 15.7. The molecule has 12 heteroatoms. The number of aromatic nitrogens is 5. The highest BCUT2D eigenvalue weighted by Crippen LogP contribution is 2.40. The van der Waals surface area contributed by atoms with Crippen LogP contribution in [0.3, 0.4) is 0 Å². The van der Waals surface area contributed by atoms with Crippen LogP contribution in [0.2, 0.25) is 5.02 Å². The molecule has 0 saturated heterocycles. The third kappa shape index (κ3) is 2.55. The molecule has 4 heterocycles. The van der Waals surface area contributed by atoms with Crippen molar-refractivity contribution in [1.82, 2.24) is 25.0 Å². The molecular formula is C18H12ClN7O4. The van der Waals surface area contributed by atoms with Gasteiger partial charge in [-0.15, -0.1) is 5.11 Å². The summed E-state index contributed by atoms with van der Waals surface area (Å²) in [5, 5.41) is 18.2. The lowest BCUT2D eigenvalue weighted by molar-refractivity contribution is -0.143. The molecule has 1 aliphatic rings. The van der Waals surface area contributed by atoms with Crippen molar-refractivity contribution < 1.29 is 14.3 Å². The largest absolute Gasteiger partial charge is 0.464 e. The fourth-order valence-corrected chi connectivity index (χ4v) is 3.54. The standard InChI is InChI=1S/C18H12ClN7O4/c1-2-30-18(29)12-17(28)26-15(23-21-12)10-9(7-3-5-8(19)6-4-7)11-13(20-14(10)25-26)22-24-16(11)27/h3-6,12H,2H2,1H3,(H,24,27)(H,20,22,25). The van der Waals surface area contributed by atoms with E-state index < -0.39 is 23.5 Å². The Kier molecular flexibility index (Phi) is 4.00. The van der Waals surface area contributed by atoms with Crippen LogP contribution in [-0.4, -0.2) is 49.5 Å². The van der Waals surface area contributed by atoms with Gasteiger partial charge in [0, 0.05) is 10.6 Å². The second-order valence-corrected chi connectivity index (χ2v) is 6.88. The van der Waals surface area contributed by atoms with E-state index in [2.05, 4.69) is 30.5 Å². The smallest absolute Gasteiger partial charge is 0.342 e. The third-order valence-corrected chi connectivity index (χ3v) is 4.94. The molecule has 1 atom stereocenters. The number of carbonyl (C=O) groups is 2. The van der Waals surface area contributed by atoms with Crippen LogP contribution in [0.25, 0.3) is 33.2 Å². The molecule has 11 nitrogen and oxygen atoms in total. The van der Waals surface area contributed by atoms with E-state index >= 15 is 0 Å². The van der Waals surface area contributed by atoms with Gasteiger partial charge in [-0.25, -0.2) is 14.9 Å². The van der Waals surface area contributed by atoms with Crippen molar-refractivity contribution >= 4 is 51.4 Å². The van der Waals surface area contributed by atoms with Gasteiger partial charge in [0.15, 0.2) is 17.1 Å². The lowest BCUT2D eigenvalue weighted by Gasteiger charge is -2.14. The molecule has 150 valence electrons. The van der Waals surface area contributed by atoms with Gasteiger partial charge < -0.3 is 4.74 Å². The minimum absolute atomic E-state index is 0.105. The molecule has 0 aliphatic carbocycles. The fourth-order valence-electron chi connectivity index (χ4n) is 3.41. The Labute approximate surface area is 171 Å². The van der Waals surface area contributed by atoms with E-state index in [9.17, 15) is 14.4 Å². The second kappa shape index (κ2) is 6.59. The van der Waals surface area contributed by atoms with Gasteiger partial charge in [-0.1, -0.05) is 23.7 Å². The lowest BCUT2D eigenvalue weighted by atomic mass is 10.00. The van der Waals surface area contributed by atoms with Gasteiger partial charge in [0.2, 0.25) is 6.04 Å². The van der Waals surface area contributed by atoms with E-state index in [1.807, 2.05) is 0 Å². The first-order chi connectivity index (χ1) is 14.5. The molecule has 0 fully saturated rings. The van der Waals surface area contributed by atoms with Crippen molar-refractivity contribution in [2.75, 3.05) is 6.61 Å². The van der Waals surface area contributed by atoms with Crippen LogP contribution in [0, 0.1) is 0 Å². The highest BCUT2D eigenvalue weighted by atomic mass is 35.5. The number of nitrogens with zero attached hydrogens (tertiary/aromatic N) is 5. The van der Waals surface area contributed by atoms with Gasteiger partial charge in [0.25, 0.3) is 11.5 Å². The van der Waals surface area contributed by atoms with E-state index in [-0.39, 0.29) is 29.1 Å². The van der Waals surface area contributed by atoms with Crippen molar-refractivity contribution in [3.8, 4) is 11.1 Å². The number of azo groups is 1. The molecule has 3 aromatic heterocycles. The Bertz CT molecular complexity index is 1430. The van der Waals surface area contributed by atoms with Crippen LogP contribution in [0.5, 0.6) is 0 Å². The van der Waals surface area contributed by atoms with Crippen LogP contribution in [0.4, 0.5) is 5.82 Å². The van der Waals surface area contributed by atoms with E-state index in [4.69, 9.17) is 16.3 Å². The van der Waals surface area contributed by atoms with Gasteiger partial charge in [-0.05, 0) is 24.6 Å². The summed E-state index contributed by atoms with van der Waals surface area (Å²) in [5.74, 6) is -1.35. The van der Waals surface area contributed by atoms with Crippen molar-refractivity contribution in [2.24, 2.45) is 10.2 Å². The number of nitrogens with one attached hydrogen (secondary N) is 2. The summed E-state index contributed by atoms with van der Waals surface area (Å²) in [6, 6.07) is 5.39. The first-order valence-electron chi connectivity index (χ1n) is 8.90. The second-order valence-electron chi connectivity index (χ2n) is 6.45. The maximum absolute atomic E-state index is 12.8. The molecule has 1 aromatic carbocycles. The van der Waals surface area contributed by atoms with Crippen molar-refractivity contribution in [1.29, 1.82) is 0 Å². The summed E-state index contributed by atoms with van der Waals surface area (Å²) < 4.78 is 5.97. The quantitative estimate of drug-likeness (QED) is 0.380. The molecule has 5 rings (SSSR count). The molecule has 0 spiro atoms. The zero-order chi connectivity index (χ0) is 21.0. The number of esters is 1. The zero-order valence-electron chi connectivity index (χ0n) is 15.3. The molecule has 2 N–H and O–H groups in total. The highest BCUT2D eigenvalue weighted by molar-refractivity contribution is 6.30. The summed E-state index contributed by atoms with van der Waals surface area (Å²) in [7, 11) is 0. The predicted octanol–water partition coefficient (Wildman–Crippen LogP) is 2.59. The number of ether oxygens (including phenoxy) is 1. The van der Waals surface area contributed by atoms with E-state index in [1.54, 1.807) is 31.2 Å². The van der Waals surface area contributed by atoms with Gasteiger partial charge in [-0.3, -0.25) is 14.7 Å². The maximum atomic E-state index is 12.8.